The fourth-order valence-corrected chi connectivity index (χ4v) is 5.22. The third kappa shape index (κ3) is 5.45. The zero-order valence-corrected chi connectivity index (χ0v) is 21.2. The number of ether oxygens (including phenoxy) is 1. The topological polar surface area (TPSA) is 49.9 Å². The maximum Gasteiger partial charge on any atom is 0.254 e. The number of hydrogen-bond acceptors (Lipinski definition) is 4. The summed E-state index contributed by atoms with van der Waals surface area (Å²) >= 11 is 7.70. The Morgan fingerprint density at radius 2 is 1.82 bits per heavy atom. The second-order valence-electron chi connectivity index (χ2n) is 8.81. The van der Waals surface area contributed by atoms with Crippen molar-refractivity contribution in [2.24, 2.45) is 0 Å². The zero-order valence-electron chi connectivity index (χ0n) is 19.7. The van der Waals surface area contributed by atoms with Gasteiger partial charge in [-0.15, -0.1) is 11.3 Å². The molecule has 0 saturated carbocycles. The number of hydrogen-bond donors (Lipinski definition) is 0. The van der Waals surface area contributed by atoms with Gasteiger partial charge in [-0.1, -0.05) is 29.3 Å². The van der Waals surface area contributed by atoms with E-state index in [1.54, 1.807) is 28.4 Å². The first kappa shape index (κ1) is 24.3. The van der Waals surface area contributed by atoms with Crippen LogP contribution < -0.4 is 4.74 Å². The first-order valence-electron chi connectivity index (χ1n) is 11.4. The molecular weight excluding hydrogens is 468 g/mol. The maximum absolute atomic E-state index is 13.6. The number of benzene rings is 2. The Morgan fingerprint density at radius 3 is 2.50 bits per heavy atom. The minimum atomic E-state index is -0.207. The zero-order chi connectivity index (χ0) is 24.2. The molecule has 1 aliphatic heterocycles. The van der Waals surface area contributed by atoms with Crippen LogP contribution in [0.1, 0.15) is 46.3 Å². The van der Waals surface area contributed by atoms with Crippen LogP contribution in [-0.4, -0.2) is 47.4 Å². The Hall–Kier alpha value is -2.83. The Labute approximate surface area is 209 Å². The Balaban J connectivity index is 1.52. The van der Waals surface area contributed by atoms with Crippen LogP contribution in [0, 0.1) is 6.92 Å². The summed E-state index contributed by atoms with van der Waals surface area (Å²) in [6.07, 6.45) is 0.809. The lowest BCUT2D eigenvalue weighted by Gasteiger charge is -2.37. The van der Waals surface area contributed by atoms with E-state index in [0.29, 0.717) is 29.5 Å². The van der Waals surface area contributed by atoms with Gasteiger partial charge < -0.3 is 14.5 Å². The molecule has 7 heteroatoms. The summed E-state index contributed by atoms with van der Waals surface area (Å²) in [5, 5.41) is 2.71. The molecule has 5 nitrogen and oxygen atoms in total. The molecule has 0 unspecified atom stereocenters. The highest BCUT2D eigenvalue weighted by Crippen LogP contribution is 2.34. The normalized spacial score (nSPS) is 15.2. The van der Waals surface area contributed by atoms with Crippen LogP contribution in [0.15, 0.2) is 60.0 Å². The number of aryl methyl sites for hydroxylation is 1. The summed E-state index contributed by atoms with van der Waals surface area (Å²) in [6.45, 7) is 6.83. The van der Waals surface area contributed by atoms with Gasteiger partial charge in [-0.2, -0.15) is 0 Å². The monoisotopic (exact) mass is 496 g/mol. The van der Waals surface area contributed by atoms with Crippen LogP contribution >= 0.6 is 22.9 Å². The summed E-state index contributed by atoms with van der Waals surface area (Å²) in [7, 11) is 0. The number of nitrogens with zero attached hydrogens (tertiary/aromatic N) is 2. The molecule has 3 aromatic rings. The molecule has 1 aliphatic rings. The van der Waals surface area contributed by atoms with E-state index in [2.05, 4.69) is 11.4 Å². The molecular formula is C27H29ClN2O3S. The average molecular weight is 497 g/mol. The number of amides is 2. The number of carbonyl (C=O) groups excluding carboxylic acids is 2. The lowest BCUT2D eigenvalue weighted by molar-refractivity contribution is -0.136. The SMILES string of the molecule is Cc1ccc(C(=O)N(CC(=O)N2CCc3sccc3[C@H]2COc2ccc(Cl)cc2)C(C)C)cc1. The fourth-order valence-electron chi connectivity index (χ4n) is 4.17. The van der Waals surface area contributed by atoms with Gasteiger partial charge in [-0.3, -0.25) is 9.59 Å². The van der Waals surface area contributed by atoms with Crippen molar-refractivity contribution < 1.29 is 14.3 Å². The van der Waals surface area contributed by atoms with E-state index >= 15 is 0 Å². The van der Waals surface area contributed by atoms with Crippen LogP contribution in [0.2, 0.25) is 5.02 Å². The Kier molecular flexibility index (Phi) is 7.59. The molecule has 1 atom stereocenters. The lowest BCUT2D eigenvalue weighted by Crippen LogP contribution is -2.49. The summed E-state index contributed by atoms with van der Waals surface area (Å²) in [5.74, 6) is 0.499. The Morgan fingerprint density at radius 1 is 1.12 bits per heavy atom. The fraction of sp³-hybridized carbons (Fsp3) is 0.333. The molecule has 2 heterocycles. The highest BCUT2D eigenvalue weighted by molar-refractivity contribution is 7.10. The number of rotatable bonds is 7. The first-order chi connectivity index (χ1) is 16.3. The molecule has 0 aliphatic carbocycles. The molecule has 0 fully saturated rings. The number of fused-ring (bicyclic) bond motifs is 1. The molecule has 1 aromatic heterocycles. The van der Waals surface area contributed by atoms with Crippen LogP contribution in [0.5, 0.6) is 5.75 Å². The lowest BCUT2D eigenvalue weighted by atomic mass is 10.00. The van der Waals surface area contributed by atoms with Crippen molar-refractivity contribution in [1.82, 2.24) is 9.80 Å². The predicted molar refractivity (Wildman–Crippen MR) is 137 cm³/mol. The quantitative estimate of drug-likeness (QED) is 0.417. The largest absolute Gasteiger partial charge is 0.491 e. The van der Waals surface area contributed by atoms with Gasteiger partial charge in [0.25, 0.3) is 5.91 Å². The van der Waals surface area contributed by atoms with Crippen molar-refractivity contribution in [1.29, 1.82) is 0 Å². The van der Waals surface area contributed by atoms with Crippen LogP contribution in [0.25, 0.3) is 0 Å². The van der Waals surface area contributed by atoms with E-state index < -0.39 is 0 Å². The molecule has 0 radical (unpaired) electrons. The predicted octanol–water partition coefficient (Wildman–Crippen LogP) is 5.77. The van der Waals surface area contributed by atoms with Gasteiger partial charge in [0, 0.05) is 28.0 Å². The summed E-state index contributed by atoms with van der Waals surface area (Å²) in [5.41, 5.74) is 2.81. The highest BCUT2D eigenvalue weighted by atomic mass is 35.5. The molecule has 0 saturated heterocycles. The third-order valence-electron chi connectivity index (χ3n) is 6.13. The van der Waals surface area contributed by atoms with Gasteiger partial charge in [0.05, 0.1) is 6.04 Å². The number of carbonyl (C=O) groups is 2. The van der Waals surface area contributed by atoms with Gasteiger partial charge in [-0.05, 0) is 80.6 Å². The molecule has 0 spiro atoms. The molecule has 0 bridgehead atoms. The first-order valence-corrected chi connectivity index (χ1v) is 12.7. The molecule has 2 amide bonds. The van der Waals surface area contributed by atoms with Gasteiger partial charge >= 0.3 is 0 Å². The summed E-state index contributed by atoms with van der Waals surface area (Å²) in [4.78, 5) is 31.6. The van der Waals surface area contributed by atoms with E-state index in [9.17, 15) is 9.59 Å². The third-order valence-corrected chi connectivity index (χ3v) is 7.37. The highest BCUT2D eigenvalue weighted by Gasteiger charge is 2.34. The number of halogens is 1. The van der Waals surface area contributed by atoms with Crippen molar-refractivity contribution in [2.75, 3.05) is 19.7 Å². The van der Waals surface area contributed by atoms with E-state index in [4.69, 9.17) is 16.3 Å². The smallest absolute Gasteiger partial charge is 0.254 e. The van der Waals surface area contributed by atoms with Crippen molar-refractivity contribution in [3.8, 4) is 5.75 Å². The molecule has 2 aromatic carbocycles. The maximum atomic E-state index is 13.6. The average Bonchev–Trinajstić information content (AvgIpc) is 3.31. The van der Waals surface area contributed by atoms with Gasteiger partial charge in [0.15, 0.2) is 0 Å². The van der Waals surface area contributed by atoms with Gasteiger partial charge in [-0.25, -0.2) is 0 Å². The van der Waals surface area contributed by atoms with Crippen molar-refractivity contribution in [2.45, 2.75) is 39.3 Å². The van der Waals surface area contributed by atoms with Gasteiger partial charge in [0.1, 0.15) is 18.9 Å². The minimum absolute atomic E-state index is 0.0291. The van der Waals surface area contributed by atoms with E-state index in [1.807, 2.05) is 62.1 Å². The summed E-state index contributed by atoms with van der Waals surface area (Å²) in [6, 6.07) is 16.5. The van der Waals surface area contributed by atoms with Crippen LogP contribution in [-0.2, 0) is 11.2 Å². The number of thiophene rings is 1. The van der Waals surface area contributed by atoms with Crippen molar-refractivity contribution >= 4 is 34.8 Å². The Bertz CT molecular complexity index is 1140. The van der Waals surface area contributed by atoms with E-state index in [1.165, 1.54) is 4.88 Å². The second-order valence-corrected chi connectivity index (χ2v) is 10.2. The van der Waals surface area contributed by atoms with E-state index in [-0.39, 0.29) is 30.4 Å². The molecule has 4 rings (SSSR count). The van der Waals surface area contributed by atoms with Crippen molar-refractivity contribution in [3.63, 3.8) is 0 Å². The standard InChI is InChI=1S/C27H29ClN2O3S/c1-18(2)30(27(32)20-6-4-19(3)5-7-20)16-26(31)29-14-12-25-23(13-15-34-25)24(29)17-33-22-10-8-21(28)9-11-22/h4-11,13,15,18,24H,12,14,16-17H2,1-3H3/t24-/m1/s1. The molecule has 178 valence electrons. The van der Waals surface area contributed by atoms with Crippen LogP contribution in [0.3, 0.4) is 0 Å². The van der Waals surface area contributed by atoms with Crippen LogP contribution in [0.4, 0.5) is 0 Å². The molecule has 0 N–H and O–H groups in total. The van der Waals surface area contributed by atoms with E-state index in [0.717, 1.165) is 17.5 Å². The van der Waals surface area contributed by atoms with Gasteiger partial charge in [0.2, 0.25) is 5.91 Å². The van der Waals surface area contributed by atoms with Crippen molar-refractivity contribution in [3.05, 3.63) is 86.6 Å². The molecule has 34 heavy (non-hydrogen) atoms. The summed E-state index contributed by atoms with van der Waals surface area (Å²) < 4.78 is 6.06. The second kappa shape index (κ2) is 10.6. The minimum Gasteiger partial charge on any atom is -0.491 e.